The zero-order valence-corrected chi connectivity index (χ0v) is 49.4. The van der Waals surface area contributed by atoms with E-state index in [1.165, 1.54) is 289 Å². The van der Waals surface area contributed by atoms with Crippen LogP contribution in [0.1, 0.15) is 354 Å². The quantitative estimate of drug-likeness (QED) is 0.0420. The number of aliphatic hydroxyl groups excluding tert-OH is 2. The van der Waals surface area contributed by atoms with Crippen LogP contribution in [0, 0.1) is 0 Å². The van der Waals surface area contributed by atoms with Crippen LogP contribution in [0.4, 0.5) is 0 Å². The monoisotopic (exact) mass is 1020 g/mol. The highest BCUT2D eigenvalue weighted by Gasteiger charge is 2.18. The number of hydrogen-bond acceptors (Lipinski definition) is 3. The number of hydrogen-bond donors (Lipinski definition) is 3. The number of rotatable bonds is 61. The lowest BCUT2D eigenvalue weighted by Crippen LogP contribution is -2.45. The third-order valence-corrected chi connectivity index (χ3v) is 15.2. The molecular weight excluding hydrogens is 891 g/mol. The molecule has 0 aliphatic carbocycles. The molecule has 2 unspecified atom stereocenters. The molecule has 4 nitrogen and oxygen atoms in total. The molecule has 0 aromatic carbocycles. The molecule has 0 aromatic heterocycles. The molecule has 4 heteroatoms. The Bertz CT molecular complexity index is 1200. The van der Waals surface area contributed by atoms with Gasteiger partial charge < -0.3 is 15.5 Å². The van der Waals surface area contributed by atoms with Gasteiger partial charge in [-0.2, -0.15) is 0 Å². The minimum Gasteiger partial charge on any atom is -0.394 e. The molecule has 0 saturated carbocycles. The van der Waals surface area contributed by atoms with Crippen LogP contribution in [0.3, 0.4) is 0 Å². The molecule has 3 N–H and O–H groups in total. The van der Waals surface area contributed by atoms with E-state index in [0.717, 1.165) is 44.9 Å². The largest absolute Gasteiger partial charge is 0.394 e. The fourth-order valence-corrected chi connectivity index (χ4v) is 10.2. The van der Waals surface area contributed by atoms with E-state index in [0.29, 0.717) is 6.42 Å². The summed E-state index contributed by atoms with van der Waals surface area (Å²) < 4.78 is 0. The molecule has 73 heavy (non-hydrogen) atoms. The Balaban J connectivity index is 3.42. The summed E-state index contributed by atoms with van der Waals surface area (Å²) >= 11 is 0. The van der Waals surface area contributed by atoms with Crippen LogP contribution in [0.2, 0.25) is 0 Å². The number of carbonyl (C=O) groups excluding carboxylic acids is 1. The average Bonchev–Trinajstić information content (AvgIpc) is 3.40. The van der Waals surface area contributed by atoms with E-state index in [2.05, 4.69) is 67.8 Å². The van der Waals surface area contributed by atoms with Gasteiger partial charge in [0.25, 0.3) is 0 Å². The molecule has 0 radical (unpaired) electrons. The lowest BCUT2D eigenvalue weighted by Gasteiger charge is -2.19. The van der Waals surface area contributed by atoms with E-state index in [1.807, 2.05) is 6.08 Å². The van der Waals surface area contributed by atoms with Gasteiger partial charge in [0.1, 0.15) is 0 Å². The van der Waals surface area contributed by atoms with Gasteiger partial charge in [0.05, 0.1) is 18.8 Å². The van der Waals surface area contributed by atoms with Crippen molar-refractivity contribution in [2.75, 3.05) is 6.61 Å². The van der Waals surface area contributed by atoms with Gasteiger partial charge in [-0.3, -0.25) is 4.79 Å². The van der Waals surface area contributed by atoms with Crippen LogP contribution >= 0.6 is 0 Å². The number of carbonyl (C=O) groups is 1. The zero-order valence-electron chi connectivity index (χ0n) is 49.4. The summed E-state index contributed by atoms with van der Waals surface area (Å²) in [6, 6.07) is -0.639. The lowest BCUT2D eigenvalue weighted by atomic mass is 10.0. The summed E-state index contributed by atoms with van der Waals surface area (Å²) in [4.78, 5) is 12.5. The maximum atomic E-state index is 12.5. The summed E-state index contributed by atoms with van der Waals surface area (Å²) in [5, 5.41) is 23.2. The van der Waals surface area contributed by atoms with Gasteiger partial charge in [-0.1, -0.05) is 338 Å². The van der Waals surface area contributed by atoms with E-state index in [9.17, 15) is 15.0 Å². The van der Waals surface area contributed by atoms with Crippen LogP contribution in [-0.2, 0) is 4.79 Å². The fraction of sp³-hybridized carbons (Fsp3) is 0.841. The normalized spacial score (nSPS) is 13.1. The van der Waals surface area contributed by atoms with Crippen molar-refractivity contribution < 1.29 is 15.0 Å². The highest BCUT2D eigenvalue weighted by atomic mass is 16.3. The Morgan fingerprint density at radius 3 is 0.890 bits per heavy atom. The van der Waals surface area contributed by atoms with Gasteiger partial charge in [-0.15, -0.1) is 0 Å². The maximum Gasteiger partial charge on any atom is 0.220 e. The Morgan fingerprint density at radius 2 is 0.575 bits per heavy atom. The second kappa shape index (κ2) is 64.4. The van der Waals surface area contributed by atoms with E-state index >= 15 is 0 Å². The third kappa shape index (κ3) is 60.8. The average molecular weight is 1020 g/mol. The molecule has 0 saturated heterocycles. The summed E-state index contributed by atoms with van der Waals surface area (Å²) in [6.45, 7) is 4.31. The number of unbranched alkanes of at least 4 members (excludes halogenated alkanes) is 46. The molecule has 0 fully saturated rings. The van der Waals surface area contributed by atoms with Crippen LogP contribution in [0.25, 0.3) is 0 Å². The topological polar surface area (TPSA) is 69.6 Å². The van der Waals surface area contributed by atoms with Crippen molar-refractivity contribution in [3.05, 3.63) is 60.8 Å². The van der Waals surface area contributed by atoms with Crippen molar-refractivity contribution in [3.63, 3.8) is 0 Å². The molecule has 0 aliphatic rings. The smallest absolute Gasteiger partial charge is 0.220 e. The first-order valence-corrected chi connectivity index (χ1v) is 33.0. The van der Waals surface area contributed by atoms with Crippen molar-refractivity contribution >= 4 is 5.91 Å². The standard InChI is InChI=1S/C69H129NO3/c1-3-5-7-9-11-13-15-17-19-21-23-25-26-27-28-29-30-31-32-33-34-35-36-37-38-39-40-41-42-43-44-45-47-49-51-53-55-57-59-61-63-65-69(73)70-67(66-71)68(72)64-62-60-58-56-54-52-50-48-46-24-22-20-18-16-14-12-10-8-6-4-2/h15,17,21,23,26-27,54,56,62,64,67-68,71-72H,3-14,16,18-20,22,24-25,28-53,55,57-61,63,65-66H2,1-2H3,(H,70,73)/b17-15-,23-21-,27-26-,56-54+,64-62+. The molecule has 428 valence electrons. The van der Waals surface area contributed by atoms with Gasteiger partial charge in [0.2, 0.25) is 5.91 Å². The number of nitrogens with one attached hydrogen (secondary N) is 1. The molecule has 2 atom stereocenters. The van der Waals surface area contributed by atoms with E-state index < -0.39 is 12.1 Å². The molecule has 0 heterocycles. The highest BCUT2D eigenvalue weighted by molar-refractivity contribution is 5.76. The van der Waals surface area contributed by atoms with Crippen molar-refractivity contribution in [1.82, 2.24) is 5.32 Å². The first-order chi connectivity index (χ1) is 36.2. The van der Waals surface area contributed by atoms with Gasteiger partial charge in [0, 0.05) is 6.42 Å². The van der Waals surface area contributed by atoms with Gasteiger partial charge >= 0.3 is 0 Å². The van der Waals surface area contributed by atoms with Crippen LogP contribution < -0.4 is 5.32 Å². The van der Waals surface area contributed by atoms with Crippen molar-refractivity contribution in [3.8, 4) is 0 Å². The van der Waals surface area contributed by atoms with Crippen molar-refractivity contribution in [2.24, 2.45) is 0 Å². The molecule has 0 bridgehead atoms. The predicted molar refractivity (Wildman–Crippen MR) is 327 cm³/mol. The number of amides is 1. The predicted octanol–water partition coefficient (Wildman–Crippen LogP) is 22.3. The SMILES string of the molecule is CCCCCCC/C=C\C/C=C\C/C=C\CCCCCCCCCCCCCCCCCCCCCCCCCCCCC(=O)NC(CO)C(O)/C=C/CC/C=C/CCCCCCCCCCCCCCCC. The molecule has 0 spiro atoms. The maximum absolute atomic E-state index is 12.5. The minimum absolute atomic E-state index is 0.0678. The first kappa shape index (κ1) is 71.1. The summed E-state index contributed by atoms with van der Waals surface area (Å²) in [7, 11) is 0. The summed E-state index contributed by atoms with van der Waals surface area (Å²) in [5.74, 6) is -0.0678. The van der Waals surface area contributed by atoms with Gasteiger partial charge in [0.15, 0.2) is 0 Å². The van der Waals surface area contributed by atoms with Gasteiger partial charge in [-0.25, -0.2) is 0 Å². The van der Waals surface area contributed by atoms with E-state index in [-0.39, 0.29) is 12.5 Å². The van der Waals surface area contributed by atoms with Crippen molar-refractivity contribution in [1.29, 1.82) is 0 Å². The Kier molecular flexibility index (Phi) is 62.7. The Labute approximate surface area is 457 Å². The highest BCUT2D eigenvalue weighted by Crippen LogP contribution is 2.18. The molecule has 0 rings (SSSR count). The summed E-state index contributed by atoms with van der Waals surface area (Å²) in [5.41, 5.74) is 0. The Hall–Kier alpha value is -1.91. The van der Waals surface area contributed by atoms with E-state index in [4.69, 9.17) is 0 Å². The second-order valence-electron chi connectivity index (χ2n) is 22.5. The molecule has 1 amide bonds. The zero-order chi connectivity index (χ0) is 52.7. The Morgan fingerprint density at radius 1 is 0.329 bits per heavy atom. The van der Waals surface area contributed by atoms with Crippen LogP contribution in [0.5, 0.6) is 0 Å². The number of allylic oxidation sites excluding steroid dienone is 9. The summed E-state index contributed by atoms with van der Waals surface area (Å²) in [6.07, 6.45) is 91.5. The van der Waals surface area contributed by atoms with E-state index in [1.54, 1.807) is 6.08 Å². The van der Waals surface area contributed by atoms with Crippen LogP contribution in [-0.4, -0.2) is 34.9 Å². The van der Waals surface area contributed by atoms with Crippen molar-refractivity contribution in [2.45, 2.75) is 366 Å². The first-order valence-electron chi connectivity index (χ1n) is 33.0. The van der Waals surface area contributed by atoms with Crippen LogP contribution in [0.15, 0.2) is 60.8 Å². The van der Waals surface area contributed by atoms with Gasteiger partial charge in [-0.05, 0) is 70.6 Å². The molecular formula is C69H129NO3. The third-order valence-electron chi connectivity index (χ3n) is 15.2. The second-order valence-corrected chi connectivity index (χ2v) is 22.5. The minimum atomic E-state index is -0.863. The lowest BCUT2D eigenvalue weighted by molar-refractivity contribution is -0.123. The fourth-order valence-electron chi connectivity index (χ4n) is 10.2. The molecule has 0 aliphatic heterocycles. The molecule has 0 aromatic rings. The number of aliphatic hydroxyl groups is 2.